The van der Waals surface area contributed by atoms with Gasteiger partial charge in [0.25, 0.3) is 0 Å². The lowest BCUT2D eigenvalue weighted by Gasteiger charge is -2.14. The van der Waals surface area contributed by atoms with E-state index in [1.54, 1.807) is 38.4 Å². The summed E-state index contributed by atoms with van der Waals surface area (Å²) < 4.78 is 5.01. The predicted octanol–water partition coefficient (Wildman–Crippen LogP) is 1.33. The number of aliphatic carboxylic acids is 1. The summed E-state index contributed by atoms with van der Waals surface area (Å²) in [7, 11) is 3.20. The summed E-state index contributed by atoms with van der Waals surface area (Å²) in [6.45, 7) is 0. The molecule has 0 radical (unpaired) electrons. The first-order chi connectivity index (χ1) is 8.58. The number of carboxylic acid groups (broad SMARTS) is 1. The molecule has 1 unspecified atom stereocenters. The lowest BCUT2D eigenvalue weighted by molar-refractivity contribution is -0.137. The third-order valence-electron chi connectivity index (χ3n) is 2.69. The van der Waals surface area contributed by atoms with Crippen LogP contribution in [0.2, 0.25) is 0 Å². The van der Waals surface area contributed by atoms with E-state index in [-0.39, 0.29) is 18.6 Å². The molecule has 0 aliphatic heterocycles. The van der Waals surface area contributed by atoms with E-state index in [1.165, 1.54) is 0 Å². The van der Waals surface area contributed by atoms with Crippen LogP contribution < -0.4 is 10.1 Å². The van der Waals surface area contributed by atoms with Gasteiger partial charge in [-0.3, -0.25) is 9.59 Å². The van der Waals surface area contributed by atoms with E-state index in [0.717, 1.165) is 0 Å². The first kappa shape index (κ1) is 14.2. The highest BCUT2D eigenvalue weighted by Crippen LogP contribution is 2.14. The summed E-state index contributed by atoms with van der Waals surface area (Å²) >= 11 is 0. The first-order valence-corrected chi connectivity index (χ1v) is 5.65. The number of hydrogen-bond acceptors (Lipinski definition) is 4. The molecule has 0 spiro atoms. The Morgan fingerprint density at radius 2 is 1.94 bits per heavy atom. The molecule has 0 amide bonds. The van der Waals surface area contributed by atoms with E-state index in [9.17, 15) is 9.59 Å². The number of methoxy groups -OCH3 is 1. The van der Waals surface area contributed by atoms with Crippen molar-refractivity contribution in [1.29, 1.82) is 0 Å². The van der Waals surface area contributed by atoms with Crippen LogP contribution >= 0.6 is 0 Å². The number of carbonyl (C=O) groups excluding carboxylic acids is 1. The van der Waals surface area contributed by atoms with Crippen LogP contribution in [0.1, 0.15) is 23.2 Å². The summed E-state index contributed by atoms with van der Waals surface area (Å²) in [5, 5.41) is 11.5. The SMILES string of the molecule is CNC(CCC(=O)O)C(=O)c1ccc(OC)cc1. The van der Waals surface area contributed by atoms with Gasteiger partial charge in [-0.2, -0.15) is 0 Å². The molecule has 1 aromatic rings. The van der Waals surface area contributed by atoms with Crippen LogP contribution in [-0.2, 0) is 4.79 Å². The molecule has 0 heterocycles. The van der Waals surface area contributed by atoms with Crippen molar-refractivity contribution in [2.45, 2.75) is 18.9 Å². The van der Waals surface area contributed by atoms with E-state index >= 15 is 0 Å². The van der Waals surface area contributed by atoms with Crippen molar-refractivity contribution in [1.82, 2.24) is 5.32 Å². The van der Waals surface area contributed by atoms with Gasteiger partial charge >= 0.3 is 5.97 Å². The number of carboxylic acids is 1. The Bertz CT molecular complexity index is 414. The highest BCUT2D eigenvalue weighted by atomic mass is 16.5. The van der Waals surface area contributed by atoms with Crippen LogP contribution in [-0.4, -0.2) is 37.1 Å². The average Bonchev–Trinajstić information content (AvgIpc) is 2.39. The van der Waals surface area contributed by atoms with Gasteiger partial charge in [-0.25, -0.2) is 0 Å². The molecule has 18 heavy (non-hydrogen) atoms. The summed E-state index contributed by atoms with van der Waals surface area (Å²) in [5.74, 6) is -0.336. The lowest BCUT2D eigenvalue weighted by Crippen LogP contribution is -2.34. The van der Waals surface area contributed by atoms with Gasteiger partial charge in [0.1, 0.15) is 5.75 Å². The fourth-order valence-electron chi connectivity index (χ4n) is 1.63. The Labute approximate surface area is 106 Å². The highest BCUT2D eigenvalue weighted by molar-refractivity contribution is 6.00. The van der Waals surface area contributed by atoms with Crippen LogP contribution in [0.15, 0.2) is 24.3 Å². The molecule has 1 atom stereocenters. The molecule has 0 fully saturated rings. The van der Waals surface area contributed by atoms with Crippen LogP contribution in [0.5, 0.6) is 5.75 Å². The molecule has 0 saturated carbocycles. The molecule has 0 aromatic heterocycles. The molecule has 0 aliphatic rings. The number of Topliss-reactive ketones (excluding diaryl/α,β-unsaturated/α-hetero) is 1. The summed E-state index contributed by atoms with van der Waals surface area (Å²) in [6, 6.07) is 6.28. The van der Waals surface area contributed by atoms with Crippen LogP contribution in [0.25, 0.3) is 0 Å². The van der Waals surface area contributed by atoms with E-state index in [1.807, 2.05) is 0 Å². The molecule has 1 rings (SSSR count). The fraction of sp³-hybridized carbons (Fsp3) is 0.385. The fourth-order valence-corrected chi connectivity index (χ4v) is 1.63. The Balaban J connectivity index is 2.72. The minimum atomic E-state index is -0.905. The van der Waals surface area contributed by atoms with Crippen LogP contribution in [0.3, 0.4) is 0 Å². The molecule has 0 saturated heterocycles. The smallest absolute Gasteiger partial charge is 0.303 e. The third kappa shape index (κ3) is 3.85. The largest absolute Gasteiger partial charge is 0.497 e. The molecule has 5 nitrogen and oxygen atoms in total. The molecule has 0 bridgehead atoms. The maximum Gasteiger partial charge on any atom is 0.303 e. The molecular formula is C13H17NO4. The molecule has 0 aliphatic carbocycles. The molecule has 2 N–H and O–H groups in total. The zero-order chi connectivity index (χ0) is 13.5. The number of nitrogens with one attached hydrogen (secondary N) is 1. The number of hydrogen-bond donors (Lipinski definition) is 2. The van der Waals surface area contributed by atoms with E-state index < -0.39 is 12.0 Å². The number of benzene rings is 1. The van der Waals surface area contributed by atoms with Crippen molar-refractivity contribution in [3.05, 3.63) is 29.8 Å². The van der Waals surface area contributed by atoms with Crippen LogP contribution in [0, 0.1) is 0 Å². The minimum absolute atomic E-state index is 0.0343. The summed E-state index contributed by atoms with van der Waals surface area (Å²) in [5.41, 5.74) is 0.542. The predicted molar refractivity (Wildman–Crippen MR) is 67.0 cm³/mol. The van der Waals surface area contributed by atoms with Gasteiger partial charge in [-0.1, -0.05) is 0 Å². The summed E-state index contributed by atoms with van der Waals surface area (Å²) in [6.07, 6.45) is 0.240. The van der Waals surface area contributed by atoms with Crippen molar-refractivity contribution < 1.29 is 19.4 Å². The van der Waals surface area contributed by atoms with E-state index in [0.29, 0.717) is 11.3 Å². The average molecular weight is 251 g/mol. The Kier molecular flexibility index (Phi) is 5.32. The second kappa shape index (κ2) is 6.76. The maximum atomic E-state index is 12.1. The standard InChI is InChI=1S/C13H17NO4/c1-14-11(7-8-12(15)16)13(17)9-3-5-10(18-2)6-4-9/h3-6,11,14H,7-8H2,1-2H3,(H,15,16). The molecular weight excluding hydrogens is 234 g/mol. The monoisotopic (exact) mass is 251 g/mol. The van der Waals surface area contributed by atoms with E-state index in [2.05, 4.69) is 5.32 Å². The number of rotatable bonds is 7. The van der Waals surface area contributed by atoms with Gasteiger partial charge in [-0.05, 0) is 37.7 Å². The Morgan fingerprint density at radius 1 is 1.33 bits per heavy atom. The highest BCUT2D eigenvalue weighted by Gasteiger charge is 2.19. The number of ether oxygens (including phenoxy) is 1. The number of carbonyl (C=O) groups is 2. The van der Waals surface area contributed by atoms with Gasteiger partial charge < -0.3 is 15.2 Å². The second-order valence-electron chi connectivity index (χ2n) is 3.87. The zero-order valence-corrected chi connectivity index (χ0v) is 10.5. The topological polar surface area (TPSA) is 75.6 Å². The Hall–Kier alpha value is -1.88. The first-order valence-electron chi connectivity index (χ1n) is 5.65. The van der Waals surface area contributed by atoms with Crippen molar-refractivity contribution >= 4 is 11.8 Å². The quantitative estimate of drug-likeness (QED) is 0.715. The molecule has 98 valence electrons. The van der Waals surface area contributed by atoms with Gasteiger partial charge in [0, 0.05) is 12.0 Å². The van der Waals surface area contributed by atoms with Gasteiger partial charge in [0.05, 0.1) is 13.2 Å². The Morgan fingerprint density at radius 3 is 2.39 bits per heavy atom. The van der Waals surface area contributed by atoms with Gasteiger partial charge in [0.15, 0.2) is 5.78 Å². The van der Waals surface area contributed by atoms with Crippen molar-refractivity contribution in [3.8, 4) is 5.75 Å². The van der Waals surface area contributed by atoms with Crippen molar-refractivity contribution in [2.75, 3.05) is 14.2 Å². The molecule has 5 heteroatoms. The third-order valence-corrected chi connectivity index (χ3v) is 2.69. The van der Waals surface area contributed by atoms with Crippen molar-refractivity contribution in [3.63, 3.8) is 0 Å². The summed E-state index contributed by atoms with van der Waals surface area (Å²) in [4.78, 5) is 22.6. The number of ketones is 1. The van der Waals surface area contributed by atoms with Gasteiger partial charge in [0.2, 0.25) is 0 Å². The van der Waals surface area contributed by atoms with E-state index in [4.69, 9.17) is 9.84 Å². The van der Waals surface area contributed by atoms with Gasteiger partial charge in [-0.15, -0.1) is 0 Å². The second-order valence-corrected chi connectivity index (χ2v) is 3.87. The van der Waals surface area contributed by atoms with Crippen LogP contribution in [0.4, 0.5) is 0 Å². The van der Waals surface area contributed by atoms with Crippen molar-refractivity contribution in [2.24, 2.45) is 0 Å². The maximum absolute atomic E-state index is 12.1. The molecule has 1 aromatic carbocycles. The minimum Gasteiger partial charge on any atom is -0.497 e. The lowest BCUT2D eigenvalue weighted by atomic mass is 10.0. The normalized spacial score (nSPS) is 11.9. The zero-order valence-electron chi connectivity index (χ0n) is 10.5. The number of likely N-dealkylation sites (N-methyl/N-ethyl adjacent to an activating group) is 1.